The van der Waals surface area contributed by atoms with Crippen LogP contribution in [0.1, 0.15) is 24.6 Å². The van der Waals surface area contributed by atoms with E-state index >= 15 is 0 Å². The van der Waals surface area contributed by atoms with Crippen molar-refractivity contribution in [2.45, 2.75) is 25.0 Å². The summed E-state index contributed by atoms with van der Waals surface area (Å²) >= 11 is 0. The quantitative estimate of drug-likeness (QED) is 0.816. The van der Waals surface area contributed by atoms with E-state index in [2.05, 4.69) is 10.1 Å². The molecule has 2 atom stereocenters. The second-order valence-electron chi connectivity index (χ2n) is 4.01. The molecule has 84 valence electrons. The van der Waals surface area contributed by atoms with Gasteiger partial charge in [-0.15, -0.1) is 0 Å². The number of hydrogen-bond donors (Lipinski definition) is 1. The minimum Gasteiger partial charge on any atom is -0.394 e. The van der Waals surface area contributed by atoms with Crippen molar-refractivity contribution >= 4 is 5.52 Å². The zero-order valence-corrected chi connectivity index (χ0v) is 8.78. The van der Waals surface area contributed by atoms with Gasteiger partial charge in [-0.3, -0.25) is 0 Å². The molecule has 0 radical (unpaired) electrons. The summed E-state index contributed by atoms with van der Waals surface area (Å²) in [6.45, 7) is 0.0921. The van der Waals surface area contributed by atoms with Crippen LogP contribution in [0.25, 0.3) is 5.52 Å². The Balaban J connectivity index is 1.95. The van der Waals surface area contributed by atoms with Gasteiger partial charge in [0.15, 0.2) is 0 Å². The number of fused-ring (bicyclic) bond motifs is 1. The lowest BCUT2D eigenvalue weighted by atomic mass is 10.1. The van der Waals surface area contributed by atoms with Crippen molar-refractivity contribution in [1.29, 1.82) is 0 Å². The van der Waals surface area contributed by atoms with Crippen LogP contribution in [0.4, 0.5) is 0 Å². The largest absolute Gasteiger partial charge is 0.394 e. The molecule has 1 aliphatic rings. The first kappa shape index (κ1) is 9.74. The molecule has 0 saturated carbocycles. The van der Waals surface area contributed by atoms with Crippen LogP contribution in [0.3, 0.4) is 0 Å². The van der Waals surface area contributed by atoms with Crippen molar-refractivity contribution in [2.24, 2.45) is 0 Å². The smallest absolute Gasteiger partial charge is 0.136 e. The average Bonchev–Trinajstić information content (AvgIpc) is 2.94. The van der Waals surface area contributed by atoms with Gasteiger partial charge in [0.2, 0.25) is 0 Å². The number of rotatable bonds is 2. The van der Waals surface area contributed by atoms with E-state index in [1.54, 1.807) is 6.20 Å². The van der Waals surface area contributed by atoms with Gasteiger partial charge in [0.05, 0.1) is 30.1 Å². The van der Waals surface area contributed by atoms with Gasteiger partial charge in [-0.25, -0.2) is 9.50 Å². The Bertz CT molecular complexity index is 497. The molecule has 1 saturated heterocycles. The fourth-order valence-electron chi connectivity index (χ4n) is 2.18. The number of aliphatic hydroxyl groups excluding tert-OH is 1. The number of aromatic nitrogens is 3. The van der Waals surface area contributed by atoms with E-state index in [9.17, 15) is 0 Å². The summed E-state index contributed by atoms with van der Waals surface area (Å²) in [5, 5.41) is 13.2. The molecule has 5 nitrogen and oxygen atoms in total. The highest BCUT2D eigenvalue weighted by atomic mass is 16.5. The molecule has 3 rings (SSSR count). The lowest BCUT2D eigenvalue weighted by Gasteiger charge is -2.11. The number of ether oxygens (including phenoxy) is 1. The van der Waals surface area contributed by atoms with Gasteiger partial charge in [0, 0.05) is 0 Å². The normalized spacial score (nSPS) is 25.3. The van der Waals surface area contributed by atoms with Crippen molar-refractivity contribution in [3.8, 4) is 0 Å². The Morgan fingerprint density at radius 2 is 2.38 bits per heavy atom. The minimum absolute atomic E-state index is 0.0302. The number of nitrogens with zero attached hydrogens (tertiary/aromatic N) is 3. The van der Waals surface area contributed by atoms with Crippen LogP contribution >= 0.6 is 0 Å². The SMILES string of the molecule is OC[C@@H]1CCC(c2ccc3cncnn23)O1. The molecule has 0 aliphatic carbocycles. The Hall–Kier alpha value is -1.46. The Kier molecular flexibility index (Phi) is 2.34. The zero-order chi connectivity index (χ0) is 11.0. The average molecular weight is 219 g/mol. The summed E-state index contributed by atoms with van der Waals surface area (Å²) in [6, 6.07) is 3.99. The third-order valence-corrected chi connectivity index (χ3v) is 3.00. The number of aliphatic hydroxyl groups is 1. The second kappa shape index (κ2) is 3.84. The molecule has 0 spiro atoms. The van der Waals surface area contributed by atoms with Crippen LogP contribution in [-0.4, -0.2) is 32.4 Å². The Labute approximate surface area is 92.7 Å². The van der Waals surface area contributed by atoms with Gasteiger partial charge in [0.25, 0.3) is 0 Å². The molecule has 3 heterocycles. The van der Waals surface area contributed by atoms with Gasteiger partial charge in [-0.2, -0.15) is 5.10 Å². The standard InChI is InChI=1S/C11H13N3O2/c15-6-9-2-4-11(16-9)10-3-1-8-5-12-7-13-14(8)10/h1,3,5,7,9,11,15H,2,4,6H2/t9-,11?/m0/s1. The number of hydrogen-bond acceptors (Lipinski definition) is 4. The second-order valence-corrected chi connectivity index (χ2v) is 4.01. The third kappa shape index (κ3) is 1.48. The van der Waals surface area contributed by atoms with Crippen molar-refractivity contribution in [2.75, 3.05) is 6.61 Å². The summed E-state index contributed by atoms with van der Waals surface area (Å²) < 4.78 is 7.58. The minimum atomic E-state index is -0.0302. The van der Waals surface area contributed by atoms with E-state index < -0.39 is 0 Å². The molecule has 2 aromatic rings. The molecule has 1 N–H and O–H groups in total. The zero-order valence-electron chi connectivity index (χ0n) is 8.78. The lowest BCUT2D eigenvalue weighted by molar-refractivity contribution is 0.00855. The van der Waals surface area contributed by atoms with Gasteiger partial charge in [-0.05, 0) is 25.0 Å². The molecule has 5 heteroatoms. The van der Waals surface area contributed by atoms with E-state index in [0.29, 0.717) is 0 Å². The van der Waals surface area contributed by atoms with E-state index in [-0.39, 0.29) is 18.8 Å². The van der Waals surface area contributed by atoms with E-state index in [0.717, 1.165) is 24.1 Å². The van der Waals surface area contributed by atoms with Crippen LogP contribution < -0.4 is 0 Å². The Morgan fingerprint density at radius 3 is 3.19 bits per heavy atom. The van der Waals surface area contributed by atoms with Crippen LogP contribution in [0, 0.1) is 0 Å². The predicted molar refractivity (Wildman–Crippen MR) is 56.9 cm³/mol. The maximum Gasteiger partial charge on any atom is 0.136 e. The highest BCUT2D eigenvalue weighted by Gasteiger charge is 2.27. The van der Waals surface area contributed by atoms with Gasteiger partial charge in [-0.1, -0.05) is 0 Å². The van der Waals surface area contributed by atoms with Crippen LogP contribution in [0.2, 0.25) is 0 Å². The fourth-order valence-corrected chi connectivity index (χ4v) is 2.18. The van der Waals surface area contributed by atoms with Crippen molar-refractivity contribution < 1.29 is 9.84 Å². The van der Waals surface area contributed by atoms with Crippen LogP contribution in [-0.2, 0) is 4.74 Å². The lowest BCUT2D eigenvalue weighted by Crippen LogP contribution is -2.12. The Morgan fingerprint density at radius 1 is 1.44 bits per heavy atom. The topological polar surface area (TPSA) is 59.7 Å². The molecule has 1 aliphatic heterocycles. The van der Waals surface area contributed by atoms with E-state index in [1.807, 2.05) is 16.6 Å². The van der Waals surface area contributed by atoms with Crippen LogP contribution in [0.15, 0.2) is 24.7 Å². The maximum atomic E-state index is 9.04. The molecule has 0 amide bonds. The van der Waals surface area contributed by atoms with Crippen molar-refractivity contribution in [3.05, 3.63) is 30.4 Å². The summed E-state index contributed by atoms with van der Waals surface area (Å²) in [5.41, 5.74) is 2.00. The molecule has 1 unspecified atom stereocenters. The highest BCUT2D eigenvalue weighted by Crippen LogP contribution is 2.32. The van der Waals surface area contributed by atoms with Crippen molar-refractivity contribution in [3.63, 3.8) is 0 Å². The van der Waals surface area contributed by atoms with Crippen LogP contribution in [0.5, 0.6) is 0 Å². The summed E-state index contributed by atoms with van der Waals surface area (Å²) in [4.78, 5) is 3.97. The first-order valence-corrected chi connectivity index (χ1v) is 5.42. The first-order chi connectivity index (χ1) is 7.88. The molecule has 0 aromatic carbocycles. The molecule has 2 aromatic heterocycles. The van der Waals surface area contributed by atoms with E-state index in [4.69, 9.17) is 9.84 Å². The molecule has 16 heavy (non-hydrogen) atoms. The van der Waals surface area contributed by atoms with Gasteiger partial charge < -0.3 is 9.84 Å². The van der Waals surface area contributed by atoms with E-state index in [1.165, 1.54) is 6.33 Å². The fraction of sp³-hybridized carbons (Fsp3) is 0.455. The molecular formula is C11H13N3O2. The summed E-state index contributed by atoms with van der Waals surface area (Å²) in [7, 11) is 0. The summed E-state index contributed by atoms with van der Waals surface area (Å²) in [6.07, 6.45) is 5.14. The molecular weight excluding hydrogens is 206 g/mol. The maximum absolute atomic E-state index is 9.04. The van der Waals surface area contributed by atoms with Gasteiger partial charge in [0.1, 0.15) is 12.4 Å². The molecule has 1 fully saturated rings. The third-order valence-electron chi connectivity index (χ3n) is 3.00. The monoisotopic (exact) mass is 219 g/mol. The van der Waals surface area contributed by atoms with Crippen molar-refractivity contribution in [1.82, 2.24) is 14.6 Å². The first-order valence-electron chi connectivity index (χ1n) is 5.42. The predicted octanol–water partition coefficient (Wildman–Crippen LogP) is 0.942. The highest BCUT2D eigenvalue weighted by molar-refractivity contribution is 5.46. The summed E-state index contributed by atoms with van der Waals surface area (Å²) in [5.74, 6) is 0. The molecule has 0 bridgehead atoms. The van der Waals surface area contributed by atoms with Gasteiger partial charge >= 0.3 is 0 Å².